The number of amides is 2. The summed E-state index contributed by atoms with van der Waals surface area (Å²) in [6, 6.07) is 13.6. The maximum atomic E-state index is 13.5. The van der Waals surface area contributed by atoms with Gasteiger partial charge in [-0.1, -0.05) is 25.1 Å². The number of nitrogens with two attached hydrogens (primary N) is 2. The molecule has 9 nitrogen and oxygen atoms in total. The highest BCUT2D eigenvalue weighted by atomic mass is 16.7. The van der Waals surface area contributed by atoms with E-state index in [1.807, 2.05) is 25.1 Å². The van der Waals surface area contributed by atoms with Gasteiger partial charge < -0.3 is 21.7 Å². The Bertz CT molecular complexity index is 1320. The number of aliphatic imine (C=N–C) groups is 1. The van der Waals surface area contributed by atoms with Crippen LogP contribution in [0.25, 0.3) is 6.08 Å². The van der Waals surface area contributed by atoms with Crippen LogP contribution in [-0.2, 0) is 16.2 Å². The molecular formula is C32H42N6O3. The number of fused-ring (bicyclic) bond motifs is 2. The van der Waals surface area contributed by atoms with Crippen molar-refractivity contribution < 1.29 is 14.4 Å². The van der Waals surface area contributed by atoms with E-state index in [0.717, 1.165) is 30.4 Å². The van der Waals surface area contributed by atoms with E-state index < -0.39 is 0 Å². The number of amidine groups is 1. The maximum absolute atomic E-state index is 13.5. The number of nitrogen functional groups attached to an aromatic ring is 1. The number of hydroxylamine groups is 2. The number of hydrogen-bond donors (Lipinski definition) is 3. The summed E-state index contributed by atoms with van der Waals surface area (Å²) in [5.74, 6) is 1.35. The third-order valence-corrected chi connectivity index (χ3v) is 8.61. The number of nitrogens with zero attached hydrogens (tertiary/aromatic N) is 3. The van der Waals surface area contributed by atoms with Crippen molar-refractivity contribution >= 4 is 35.1 Å². The highest BCUT2D eigenvalue weighted by Crippen LogP contribution is 2.45. The van der Waals surface area contributed by atoms with Crippen molar-refractivity contribution in [1.82, 2.24) is 15.3 Å². The van der Waals surface area contributed by atoms with E-state index in [9.17, 15) is 9.59 Å². The minimum absolute atomic E-state index is 0.0922. The van der Waals surface area contributed by atoms with Crippen molar-refractivity contribution in [2.75, 3.05) is 26.4 Å². The third kappa shape index (κ3) is 6.80. The molecule has 1 aliphatic heterocycles. The van der Waals surface area contributed by atoms with Gasteiger partial charge in [-0.25, -0.2) is 10.1 Å². The predicted octanol–water partition coefficient (Wildman–Crippen LogP) is 4.26. The van der Waals surface area contributed by atoms with E-state index in [1.165, 1.54) is 17.9 Å². The highest BCUT2D eigenvalue weighted by Gasteiger charge is 2.42. The number of nitrogens with one attached hydrogen (secondary N) is 1. The Kier molecular flexibility index (Phi) is 8.75. The molecule has 1 heterocycles. The van der Waals surface area contributed by atoms with Crippen LogP contribution in [0.5, 0.6) is 0 Å². The summed E-state index contributed by atoms with van der Waals surface area (Å²) in [4.78, 5) is 39.5. The van der Waals surface area contributed by atoms with E-state index in [2.05, 4.69) is 29.3 Å². The molecule has 0 saturated heterocycles. The van der Waals surface area contributed by atoms with Crippen LogP contribution in [0.2, 0.25) is 0 Å². The summed E-state index contributed by atoms with van der Waals surface area (Å²) in [5.41, 5.74) is 16.0. The number of carbonyl (C=O) groups is 2. The van der Waals surface area contributed by atoms with Gasteiger partial charge in [-0.15, -0.1) is 0 Å². The lowest BCUT2D eigenvalue weighted by molar-refractivity contribution is -0.187. The van der Waals surface area contributed by atoms with Crippen molar-refractivity contribution in [3.8, 4) is 0 Å². The van der Waals surface area contributed by atoms with Crippen LogP contribution in [0.3, 0.4) is 0 Å². The van der Waals surface area contributed by atoms with Gasteiger partial charge in [-0.3, -0.25) is 14.4 Å². The van der Waals surface area contributed by atoms with Gasteiger partial charge >= 0.3 is 0 Å². The second-order valence-corrected chi connectivity index (χ2v) is 11.9. The second kappa shape index (κ2) is 12.4. The Morgan fingerprint density at radius 1 is 1.02 bits per heavy atom. The molecule has 2 atom stereocenters. The number of rotatable bonds is 9. The molecule has 2 aliphatic carbocycles. The molecule has 41 heavy (non-hydrogen) atoms. The fourth-order valence-electron chi connectivity index (χ4n) is 6.42. The molecule has 2 aromatic rings. The highest BCUT2D eigenvalue weighted by molar-refractivity contribution is 6.05. The first-order valence-electron chi connectivity index (χ1n) is 14.6. The molecular weight excluding hydrogens is 516 g/mol. The van der Waals surface area contributed by atoms with Crippen LogP contribution < -0.4 is 16.8 Å². The summed E-state index contributed by atoms with van der Waals surface area (Å²) >= 11 is 0. The SMILES string of the molecule is CCCN(OCc1ccc(N)cc1)C(=O)C1=Cc2ccc(C(=O)NC3CC4CC(N(C)C)CC4C3)cc2N=C(N)C1. The zero-order chi connectivity index (χ0) is 29.1. The Morgan fingerprint density at radius 3 is 2.39 bits per heavy atom. The van der Waals surface area contributed by atoms with Crippen LogP contribution in [0.15, 0.2) is 53.0 Å². The standard InChI is InChI=1S/C32H42N6O3/c1-4-11-38(41-19-20-5-9-26(33)10-6-20)32(40)25-12-21-7-8-22(17-29(21)36-30(34)18-25)31(39)35-27-13-23-15-28(37(2)3)16-24(23)14-27/h5-10,12,17,23-24,27-28H,4,11,13-16,18-19,33H2,1-3H3,(H2,34,36)(H,35,39). The van der Waals surface area contributed by atoms with E-state index in [1.54, 1.807) is 30.3 Å². The molecule has 2 saturated carbocycles. The predicted molar refractivity (Wildman–Crippen MR) is 162 cm³/mol. The van der Waals surface area contributed by atoms with Gasteiger partial charge in [0.25, 0.3) is 11.8 Å². The number of carbonyl (C=O) groups excluding carboxylic acids is 2. The normalized spacial score (nSPS) is 23.3. The van der Waals surface area contributed by atoms with Gasteiger partial charge in [0.2, 0.25) is 0 Å². The summed E-state index contributed by atoms with van der Waals surface area (Å²) in [5, 5.41) is 4.64. The molecule has 5 rings (SSSR count). The maximum Gasteiger partial charge on any atom is 0.273 e. The van der Waals surface area contributed by atoms with Gasteiger partial charge in [-0.2, -0.15) is 0 Å². The minimum Gasteiger partial charge on any atom is -0.399 e. The zero-order valence-electron chi connectivity index (χ0n) is 24.3. The van der Waals surface area contributed by atoms with E-state index >= 15 is 0 Å². The molecule has 2 aromatic carbocycles. The molecule has 2 unspecified atom stereocenters. The van der Waals surface area contributed by atoms with Crippen LogP contribution in [0.1, 0.15) is 66.9 Å². The first-order valence-corrected chi connectivity index (χ1v) is 14.6. The summed E-state index contributed by atoms with van der Waals surface area (Å²) in [7, 11) is 4.31. The molecule has 0 aromatic heterocycles. The molecule has 2 fully saturated rings. The van der Waals surface area contributed by atoms with Crippen molar-refractivity contribution in [3.05, 3.63) is 64.7 Å². The Balaban J connectivity index is 1.26. The molecule has 0 radical (unpaired) electrons. The number of hydrogen-bond acceptors (Lipinski definition) is 7. The first kappa shape index (κ1) is 28.8. The Hall–Kier alpha value is -3.69. The third-order valence-electron chi connectivity index (χ3n) is 8.61. The van der Waals surface area contributed by atoms with E-state index in [0.29, 0.717) is 52.8 Å². The molecule has 2 amide bonds. The molecule has 5 N–H and O–H groups in total. The molecule has 0 bridgehead atoms. The van der Waals surface area contributed by atoms with Crippen LogP contribution in [-0.4, -0.2) is 60.3 Å². The van der Waals surface area contributed by atoms with Gasteiger partial charge in [0, 0.05) is 47.4 Å². The minimum atomic E-state index is -0.251. The average Bonchev–Trinajstić information content (AvgIpc) is 3.45. The topological polar surface area (TPSA) is 126 Å². The smallest absolute Gasteiger partial charge is 0.273 e. The summed E-state index contributed by atoms with van der Waals surface area (Å²) in [6.07, 6.45) is 7.24. The molecule has 9 heteroatoms. The Labute approximate surface area is 242 Å². The van der Waals surface area contributed by atoms with Crippen LogP contribution in [0.4, 0.5) is 11.4 Å². The lowest BCUT2D eigenvalue weighted by Gasteiger charge is -2.22. The van der Waals surface area contributed by atoms with Gasteiger partial charge in [0.05, 0.1) is 5.69 Å². The second-order valence-electron chi connectivity index (χ2n) is 11.9. The lowest BCUT2D eigenvalue weighted by atomic mass is 10.0. The van der Waals surface area contributed by atoms with Crippen molar-refractivity contribution in [3.63, 3.8) is 0 Å². The first-order chi connectivity index (χ1) is 19.7. The Morgan fingerprint density at radius 2 is 1.73 bits per heavy atom. The fourth-order valence-corrected chi connectivity index (χ4v) is 6.42. The van der Waals surface area contributed by atoms with Gasteiger partial charge in [0.15, 0.2) is 0 Å². The van der Waals surface area contributed by atoms with E-state index in [-0.39, 0.29) is 30.9 Å². The van der Waals surface area contributed by atoms with Crippen molar-refractivity contribution in [2.24, 2.45) is 22.6 Å². The number of anilines is 1. The quantitative estimate of drug-likeness (QED) is 0.312. The van der Waals surface area contributed by atoms with Crippen LogP contribution in [0, 0.1) is 11.8 Å². The summed E-state index contributed by atoms with van der Waals surface area (Å²) in [6.45, 7) is 2.67. The average molecular weight is 559 g/mol. The van der Waals surface area contributed by atoms with Gasteiger partial charge in [-0.05, 0) is 93.9 Å². The summed E-state index contributed by atoms with van der Waals surface area (Å²) < 4.78 is 0. The zero-order valence-corrected chi connectivity index (χ0v) is 24.3. The number of benzene rings is 2. The van der Waals surface area contributed by atoms with Crippen molar-refractivity contribution in [1.29, 1.82) is 0 Å². The molecule has 3 aliphatic rings. The lowest BCUT2D eigenvalue weighted by Crippen LogP contribution is -2.34. The monoisotopic (exact) mass is 558 g/mol. The fraction of sp³-hybridized carbons (Fsp3) is 0.469. The van der Waals surface area contributed by atoms with Gasteiger partial charge in [0.1, 0.15) is 12.4 Å². The largest absolute Gasteiger partial charge is 0.399 e. The molecule has 218 valence electrons. The van der Waals surface area contributed by atoms with Crippen LogP contribution >= 0.6 is 0 Å². The van der Waals surface area contributed by atoms with E-state index in [4.69, 9.17) is 16.3 Å². The molecule has 0 spiro atoms. The van der Waals surface area contributed by atoms with Crippen molar-refractivity contribution in [2.45, 2.75) is 64.1 Å².